The van der Waals surface area contributed by atoms with Crippen LogP contribution in [0.15, 0.2) is 4.47 Å². The molecule has 2 aromatic heterocycles. The SMILES string of the molecule is CCc1nc(CC)n(Cc2c(Br)c(CC)nn2CC)n1. The highest BCUT2D eigenvalue weighted by Gasteiger charge is 2.16. The molecule has 0 aliphatic heterocycles. The topological polar surface area (TPSA) is 48.5 Å². The Morgan fingerprint density at radius 3 is 2.25 bits per heavy atom. The zero-order valence-corrected chi connectivity index (χ0v) is 14.2. The Bertz CT molecular complexity index is 585. The van der Waals surface area contributed by atoms with E-state index in [0.29, 0.717) is 0 Å². The highest BCUT2D eigenvalue weighted by atomic mass is 79.9. The van der Waals surface area contributed by atoms with Crippen molar-refractivity contribution < 1.29 is 0 Å². The summed E-state index contributed by atoms with van der Waals surface area (Å²) in [6, 6.07) is 0. The minimum absolute atomic E-state index is 0.720. The van der Waals surface area contributed by atoms with Gasteiger partial charge in [-0.2, -0.15) is 10.2 Å². The van der Waals surface area contributed by atoms with E-state index in [1.807, 2.05) is 4.68 Å². The van der Waals surface area contributed by atoms with Gasteiger partial charge in [-0.05, 0) is 29.3 Å². The van der Waals surface area contributed by atoms with Crippen LogP contribution in [-0.4, -0.2) is 24.5 Å². The van der Waals surface area contributed by atoms with Crippen molar-refractivity contribution in [2.24, 2.45) is 0 Å². The summed E-state index contributed by atoms with van der Waals surface area (Å²) in [6.07, 6.45) is 2.69. The summed E-state index contributed by atoms with van der Waals surface area (Å²) in [5, 5.41) is 9.22. The number of rotatable bonds is 6. The first-order chi connectivity index (χ1) is 9.64. The molecule has 0 fully saturated rings. The van der Waals surface area contributed by atoms with Crippen LogP contribution in [0.1, 0.15) is 50.7 Å². The predicted octanol–water partition coefficient (Wildman–Crippen LogP) is 2.99. The van der Waals surface area contributed by atoms with Gasteiger partial charge in [0.25, 0.3) is 0 Å². The van der Waals surface area contributed by atoms with Crippen molar-refractivity contribution in [1.82, 2.24) is 24.5 Å². The summed E-state index contributed by atoms with van der Waals surface area (Å²) in [4.78, 5) is 4.56. The number of hydrogen-bond donors (Lipinski definition) is 0. The normalized spacial score (nSPS) is 11.2. The summed E-state index contributed by atoms with van der Waals surface area (Å²) in [6.45, 7) is 10.0. The van der Waals surface area contributed by atoms with Gasteiger partial charge in [-0.25, -0.2) is 9.67 Å². The van der Waals surface area contributed by atoms with Crippen LogP contribution in [0.3, 0.4) is 0 Å². The van der Waals surface area contributed by atoms with Gasteiger partial charge in [-0.1, -0.05) is 20.8 Å². The third-order valence-corrected chi connectivity index (χ3v) is 4.33. The van der Waals surface area contributed by atoms with E-state index < -0.39 is 0 Å². The van der Waals surface area contributed by atoms with Crippen LogP contribution < -0.4 is 0 Å². The summed E-state index contributed by atoms with van der Waals surface area (Å²) in [7, 11) is 0. The van der Waals surface area contributed by atoms with Crippen molar-refractivity contribution >= 4 is 15.9 Å². The Hall–Kier alpha value is -1.17. The van der Waals surface area contributed by atoms with Gasteiger partial charge >= 0.3 is 0 Å². The molecule has 0 atom stereocenters. The van der Waals surface area contributed by atoms with E-state index in [-0.39, 0.29) is 0 Å². The van der Waals surface area contributed by atoms with Crippen molar-refractivity contribution in [2.75, 3.05) is 0 Å². The minimum atomic E-state index is 0.720. The highest BCUT2D eigenvalue weighted by molar-refractivity contribution is 9.10. The average Bonchev–Trinajstić information content (AvgIpc) is 3.01. The van der Waals surface area contributed by atoms with Gasteiger partial charge in [-0.15, -0.1) is 0 Å². The Labute approximate surface area is 128 Å². The van der Waals surface area contributed by atoms with Crippen molar-refractivity contribution in [2.45, 2.75) is 60.0 Å². The van der Waals surface area contributed by atoms with Crippen molar-refractivity contribution in [3.8, 4) is 0 Å². The van der Waals surface area contributed by atoms with Crippen LogP contribution in [0.4, 0.5) is 0 Å². The fourth-order valence-corrected chi connectivity index (χ4v) is 2.96. The third kappa shape index (κ3) is 2.80. The molecule has 0 aliphatic rings. The lowest BCUT2D eigenvalue weighted by molar-refractivity contribution is 0.557. The molecule has 0 aromatic carbocycles. The molecule has 20 heavy (non-hydrogen) atoms. The Morgan fingerprint density at radius 2 is 1.70 bits per heavy atom. The lowest BCUT2D eigenvalue weighted by atomic mass is 10.3. The van der Waals surface area contributed by atoms with E-state index in [1.54, 1.807) is 0 Å². The van der Waals surface area contributed by atoms with Gasteiger partial charge in [0, 0.05) is 19.4 Å². The monoisotopic (exact) mass is 339 g/mol. The number of aromatic nitrogens is 5. The van der Waals surface area contributed by atoms with E-state index in [0.717, 1.165) is 54.2 Å². The summed E-state index contributed by atoms with van der Waals surface area (Å²) >= 11 is 3.69. The number of nitrogens with zero attached hydrogens (tertiary/aromatic N) is 5. The van der Waals surface area contributed by atoms with Crippen LogP contribution in [0.25, 0.3) is 0 Å². The Balaban J connectivity index is 2.38. The largest absolute Gasteiger partial charge is 0.267 e. The lowest BCUT2D eigenvalue weighted by Gasteiger charge is -2.07. The minimum Gasteiger partial charge on any atom is -0.267 e. The first kappa shape index (κ1) is 15.2. The molecule has 0 saturated carbocycles. The average molecular weight is 340 g/mol. The summed E-state index contributed by atoms with van der Waals surface area (Å²) in [5.41, 5.74) is 2.28. The molecule has 6 heteroatoms. The van der Waals surface area contributed by atoms with E-state index in [2.05, 4.69) is 63.5 Å². The number of halogens is 1. The molecule has 0 unspecified atom stereocenters. The predicted molar refractivity (Wildman–Crippen MR) is 82.9 cm³/mol. The molecule has 0 amide bonds. The molecule has 0 bridgehead atoms. The lowest BCUT2D eigenvalue weighted by Crippen LogP contribution is -2.12. The van der Waals surface area contributed by atoms with E-state index in [1.165, 1.54) is 5.69 Å². The van der Waals surface area contributed by atoms with Crippen LogP contribution in [0.5, 0.6) is 0 Å². The quantitative estimate of drug-likeness (QED) is 0.812. The van der Waals surface area contributed by atoms with Crippen LogP contribution in [0.2, 0.25) is 0 Å². The third-order valence-electron chi connectivity index (χ3n) is 3.42. The van der Waals surface area contributed by atoms with Crippen molar-refractivity contribution in [3.63, 3.8) is 0 Å². The summed E-state index contributed by atoms with van der Waals surface area (Å²) < 4.78 is 5.17. The van der Waals surface area contributed by atoms with E-state index in [9.17, 15) is 0 Å². The molecule has 2 rings (SSSR count). The Morgan fingerprint density at radius 1 is 0.950 bits per heavy atom. The number of hydrogen-bond acceptors (Lipinski definition) is 3. The summed E-state index contributed by atoms with van der Waals surface area (Å²) in [5.74, 6) is 1.95. The van der Waals surface area contributed by atoms with E-state index in [4.69, 9.17) is 0 Å². The van der Waals surface area contributed by atoms with Gasteiger partial charge in [0.1, 0.15) is 5.82 Å². The first-order valence-corrected chi connectivity index (χ1v) is 8.10. The fourth-order valence-electron chi connectivity index (χ4n) is 2.27. The fraction of sp³-hybridized carbons (Fsp3) is 0.643. The standard InChI is InChI=1S/C14H22BrN5/c1-5-10-14(15)11(19(8-4)17-10)9-20-13(7-3)16-12(6-2)18-20/h5-9H2,1-4H3. The smallest absolute Gasteiger partial charge is 0.150 e. The van der Waals surface area contributed by atoms with Crippen LogP contribution in [-0.2, 0) is 32.4 Å². The molecular formula is C14H22BrN5. The van der Waals surface area contributed by atoms with Gasteiger partial charge in [0.2, 0.25) is 0 Å². The maximum Gasteiger partial charge on any atom is 0.150 e. The van der Waals surface area contributed by atoms with Gasteiger partial charge in [0.15, 0.2) is 5.82 Å². The number of aryl methyl sites for hydroxylation is 4. The maximum absolute atomic E-state index is 4.63. The second-order valence-corrected chi connectivity index (χ2v) is 5.48. The molecule has 0 saturated heterocycles. The maximum atomic E-state index is 4.63. The molecule has 2 heterocycles. The van der Waals surface area contributed by atoms with Crippen LogP contribution in [0, 0.1) is 0 Å². The molecule has 0 spiro atoms. The second-order valence-electron chi connectivity index (χ2n) is 4.69. The molecule has 0 aliphatic carbocycles. The van der Waals surface area contributed by atoms with Gasteiger partial charge in [-0.3, -0.25) is 4.68 Å². The van der Waals surface area contributed by atoms with Gasteiger partial charge in [0.05, 0.1) is 22.4 Å². The molecular weight excluding hydrogens is 318 g/mol. The molecule has 0 radical (unpaired) electrons. The molecule has 110 valence electrons. The molecule has 2 aromatic rings. The van der Waals surface area contributed by atoms with E-state index >= 15 is 0 Å². The van der Waals surface area contributed by atoms with Crippen molar-refractivity contribution in [3.05, 3.63) is 27.5 Å². The molecule has 5 nitrogen and oxygen atoms in total. The van der Waals surface area contributed by atoms with Crippen LogP contribution >= 0.6 is 15.9 Å². The zero-order valence-electron chi connectivity index (χ0n) is 12.6. The highest BCUT2D eigenvalue weighted by Crippen LogP contribution is 2.23. The van der Waals surface area contributed by atoms with Crippen molar-refractivity contribution in [1.29, 1.82) is 0 Å². The van der Waals surface area contributed by atoms with Gasteiger partial charge < -0.3 is 0 Å². The Kier molecular flexibility index (Phi) is 4.96. The zero-order chi connectivity index (χ0) is 14.7. The second kappa shape index (κ2) is 6.52. The first-order valence-electron chi connectivity index (χ1n) is 7.31. The molecule has 0 N–H and O–H groups in total.